The van der Waals surface area contributed by atoms with Crippen molar-refractivity contribution < 1.29 is 27.4 Å². The van der Waals surface area contributed by atoms with Crippen LogP contribution in [0.25, 0.3) is 0 Å². The number of ether oxygens (including phenoxy) is 2. The molecule has 1 saturated carbocycles. The zero-order valence-corrected chi connectivity index (χ0v) is 13.9. The van der Waals surface area contributed by atoms with Crippen molar-refractivity contribution in [3.8, 4) is 5.75 Å². The van der Waals surface area contributed by atoms with Gasteiger partial charge in [0.05, 0.1) is 6.10 Å². The van der Waals surface area contributed by atoms with Crippen LogP contribution >= 0.6 is 0 Å². The lowest BCUT2D eigenvalue weighted by Gasteiger charge is -2.26. The second-order valence-corrected chi connectivity index (χ2v) is 6.40. The Morgan fingerprint density at radius 2 is 1.83 bits per heavy atom. The van der Waals surface area contributed by atoms with Crippen LogP contribution in [0.2, 0.25) is 0 Å². The van der Waals surface area contributed by atoms with E-state index in [4.69, 9.17) is 9.47 Å². The molecule has 2 rings (SSSR count). The molecule has 0 N–H and O–H groups in total. The van der Waals surface area contributed by atoms with Crippen LogP contribution in [0.1, 0.15) is 58.9 Å². The maximum absolute atomic E-state index is 12.9. The molecule has 1 aromatic rings. The third-order valence-electron chi connectivity index (χ3n) is 2.95. The van der Waals surface area contributed by atoms with Crippen molar-refractivity contribution in [1.29, 1.82) is 0 Å². The molecule has 0 spiro atoms. The molecule has 0 aromatic heterocycles. The van der Waals surface area contributed by atoms with Crippen LogP contribution in [-0.4, -0.2) is 17.7 Å². The van der Waals surface area contributed by atoms with Crippen molar-refractivity contribution in [2.24, 2.45) is 0 Å². The zero-order valence-electron chi connectivity index (χ0n) is 13.9. The maximum Gasteiger partial charge on any atom is 0.303 e. The molecule has 0 heterocycles. The van der Waals surface area contributed by atoms with E-state index in [-0.39, 0.29) is 29.0 Å². The van der Waals surface area contributed by atoms with E-state index < -0.39 is 12.2 Å². The largest absolute Gasteiger partial charge is 0.490 e. The van der Waals surface area contributed by atoms with E-state index in [2.05, 4.69) is 0 Å². The first-order valence-corrected chi connectivity index (χ1v) is 7.51. The lowest BCUT2D eigenvalue weighted by molar-refractivity contribution is -0.151. The molecule has 130 valence electrons. The third kappa shape index (κ3) is 7.90. The third-order valence-corrected chi connectivity index (χ3v) is 2.95. The highest BCUT2D eigenvalue weighted by atomic mass is 19.3. The number of esters is 1. The average Bonchev–Trinajstić information content (AvgIpc) is 2.30. The number of alkyl halides is 2. The van der Waals surface area contributed by atoms with Crippen LogP contribution in [0.5, 0.6) is 5.75 Å². The number of rotatable bonds is 3. The Hall–Kier alpha value is -1.72. The quantitative estimate of drug-likeness (QED) is 0.727. The minimum Gasteiger partial charge on any atom is -0.490 e. The molecule has 1 aliphatic carbocycles. The number of carbonyl (C=O) groups is 1. The predicted molar refractivity (Wildman–Crippen MR) is 81.1 cm³/mol. The van der Waals surface area contributed by atoms with E-state index in [1.54, 1.807) is 0 Å². The van der Waals surface area contributed by atoms with Crippen LogP contribution in [0.3, 0.4) is 0 Å². The number of halogens is 3. The van der Waals surface area contributed by atoms with E-state index >= 15 is 0 Å². The average molecular weight is 332 g/mol. The van der Waals surface area contributed by atoms with Crippen LogP contribution in [0.4, 0.5) is 13.2 Å². The Kier molecular flexibility index (Phi) is 6.91. The van der Waals surface area contributed by atoms with Crippen molar-refractivity contribution in [2.75, 3.05) is 0 Å². The highest BCUT2D eigenvalue weighted by molar-refractivity contribution is 5.66. The standard InChI is InChI=1S/C11H11F3O.C6H12O2/c12-8-4-7(11(13)14)5-10(6-8)15-9-2-1-3-9;1-5(7)8-6(2,3)4/h4-6,9,11H,1-3H2;1-4H3. The highest BCUT2D eigenvalue weighted by Crippen LogP contribution is 2.29. The summed E-state index contributed by atoms with van der Waals surface area (Å²) in [6.45, 7) is 6.93. The first-order chi connectivity index (χ1) is 10.6. The molecule has 23 heavy (non-hydrogen) atoms. The van der Waals surface area contributed by atoms with Gasteiger partial charge in [0.2, 0.25) is 0 Å². The smallest absolute Gasteiger partial charge is 0.303 e. The molecule has 0 radical (unpaired) electrons. The molecular formula is C17H23F3O3. The second-order valence-electron chi connectivity index (χ2n) is 6.40. The molecule has 0 atom stereocenters. The summed E-state index contributed by atoms with van der Waals surface area (Å²) in [6.07, 6.45) is 0.324. The van der Waals surface area contributed by atoms with Gasteiger partial charge in [0.15, 0.2) is 0 Å². The van der Waals surface area contributed by atoms with Gasteiger partial charge in [-0.05, 0) is 52.2 Å². The zero-order chi connectivity index (χ0) is 17.6. The van der Waals surface area contributed by atoms with E-state index in [0.29, 0.717) is 0 Å². The number of hydrogen-bond donors (Lipinski definition) is 0. The van der Waals surface area contributed by atoms with Crippen molar-refractivity contribution >= 4 is 5.97 Å². The molecule has 0 unspecified atom stereocenters. The molecule has 0 aliphatic heterocycles. The first-order valence-electron chi connectivity index (χ1n) is 7.51. The summed E-state index contributed by atoms with van der Waals surface area (Å²) in [5, 5.41) is 0. The monoisotopic (exact) mass is 332 g/mol. The Labute approximate surface area is 134 Å². The minimum atomic E-state index is -2.66. The van der Waals surface area contributed by atoms with E-state index in [9.17, 15) is 18.0 Å². The van der Waals surface area contributed by atoms with Gasteiger partial charge in [0, 0.05) is 18.6 Å². The second kappa shape index (κ2) is 8.22. The fourth-order valence-electron chi connectivity index (χ4n) is 1.89. The molecule has 0 bridgehead atoms. The fourth-order valence-corrected chi connectivity index (χ4v) is 1.89. The molecule has 0 amide bonds. The minimum absolute atomic E-state index is 0.0670. The Bertz CT molecular complexity index is 520. The summed E-state index contributed by atoms with van der Waals surface area (Å²) >= 11 is 0. The van der Waals surface area contributed by atoms with Gasteiger partial charge >= 0.3 is 5.97 Å². The van der Waals surface area contributed by atoms with E-state index in [1.165, 1.54) is 13.0 Å². The van der Waals surface area contributed by atoms with Gasteiger partial charge < -0.3 is 9.47 Å². The molecule has 0 saturated heterocycles. The first kappa shape index (κ1) is 19.3. The topological polar surface area (TPSA) is 35.5 Å². The molecule has 3 nitrogen and oxygen atoms in total. The number of hydrogen-bond acceptors (Lipinski definition) is 3. The summed E-state index contributed by atoms with van der Waals surface area (Å²) in [5.74, 6) is -0.699. The summed E-state index contributed by atoms with van der Waals surface area (Å²) < 4.78 is 47.8. The van der Waals surface area contributed by atoms with Gasteiger partial charge in [0.25, 0.3) is 6.43 Å². The van der Waals surface area contributed by atoms with Gasteiger partial charge in [-0.3, -0.25) is 4.79 Å². The van der Waals surface area contributed by atoms with Gasteiger partial charge in [-0.15, -0.1) is 0 Å². The SMILES string of the molecule is CC(=O)OC(C)(C)C.Fc1cc(OC2CCC2)cc(C(F)F)c1. The van der Waals surface area contributed by atoms with Gasteiger partial charge in [-0.25, -0.2) is 13.2 Å². The van der Waals surface area contributed by atoms with E-state index in [0.717, 1.165) is 31.4 Å². The van der Waals surface area contributed by atoms with Gasteiger partial charge in [-0.1, -0.05) is 0 Å². The van der Waals surface area contributed by atoms with Crippen molar-refractivity contribution in [3.05, 3.63) is 29.6 Å². The van der Waals surface area contributed by atoms with Gasteiger partial charge in [-0.2, -0.15) is 0 Å². The van der Waals surface area contributed by atoms with Crippen molar-refractivity contribution in [1.82, 2.24) is 0 Å². The van der Waals surface area contributed by atoms with Crippen LogP contribution < -0.4 is 4.74 Å². The lowest BCUT2D eigenvalue weighted by atomic mass is 9.96. The van der Waals surface area contributed by atoms with Crippen LogP contribution in [-0.2, 0) is 9.53 Å². The van der Waals surface area contributed by atoms with Crippen LogP contribution in [0, 0.1) is 5.82 Å². The van der Waals surface area contributed by atoms with E-state index in [1.807, 2.05) is 20.8 Å². The highest BCUT2D eigenvalue weighted by Gasteiger charge is 2.20. The summed E-state index contributed by atoms with van der Waals surface area (Å²) in [6, 6.07) is 3.18. The normalized spacial score (nSPS) is 14.6. The Morgan fingerprint density at radius 3 is 2.17 bits per heavy atom. The Balaban J connectivity index is 0.000000284. The van der Waals surface area contributed by atoms with Crippen molar-refractivity contribution in [3.63, 3.8) is 0 Å². The molecule has 1 fully saturated rings. The number of carbonyl (C=O) groups excluding carboxylic acids is 1. The summed E-state index contributed by atoms with van der Waals surface area (Å²) in [5.41, 5.74) is -0.657. The summed E-state index contributed by atoms with van der Waals surface area (Å²) in [4.78, 5) is 10.2. The molecule has 6 heteroatoms. The lowest BCUT2D eigenvalue weighted by Crippen LogP contribution is -2.24. The molecule has 1 aromatic carbocycles. The molecule has 1 aliphatic rings. The van der Waals surface area contributed by atoms with Crippen LogP contribution in [0.15, 0.2) is 18.2 Å². The van der Waals surface area contributed by atoms with Crippen molar-refractivity contribution in [2.45, 2.75) is 65.1 Å². The van der Waals surface area contributed by atoms with Gasteiger partial charge in [0.1, 0.15) is 17.2 Å². The fraction of sp³-hybridized carbons (Fsp3) is 0.588. The predicted octanol–water partition coefficient (Wildman–Crippen LogP) is 5.04. The molecular weight excluding hydrogens is 309 g/mol. The summed E-state index contributed by atoms with van der Waals surface area (Å²) in [7, 11) is 0. The number of benzene rings is 1. The Morgan fingerprint density at radius 1 is 1.22 bits per heavy atom. The maximum atomic E-state index is 12.9.